The summed E-state index contributed by atoms with van der Waals surface area (Å²) in [6.07, 6.45) is 3.69. The third-order valence-corrected chi connectivity index (χ3v) is 3.91. The van der Waals surface area contributed by atoms with Crippen LogP contribution in [0.3, 0.4) is 0 Å². The smallest absolute Gasteiger partial charge is 0.106 e. The number of nitrogens with zero attached hydrogens (tertiary/aromatic N) is 1. The van der Waals surface area contributed by atoms with Gasteiger partial charge in [0, 0.05) is 30.9 Å². The normalized spacial score (nSPS) is 19.1. The molecule has 1 aromatic carbocycles. The number of rotatable bonds is 5. The molecule has 0 amide bonds. The lowest BCUT2D eigenvalue weighted by Gasteiger charge is -2.35. The topological polar surface area (TPSA) is 38.5 Å². The SMILES string of the molecule is CCCOC1CCCN(c2ccc(C)cc2C(N)=S)C1. The van der Waals surface area contributed by atoms with Gasteiger partial charge in [0.2, 0.25) is 0 Å². The summed E-state index contributed by atoms with van der Waals surface area (Å²) in [6, 6.07) is 6.33. The molecule has 4 heteroatoms. The second-order valence-corrected chi connectivity index (χ2v) is 5.91. The van der Waals surface area contributed by atoms with Gasteiger partial charge in [0.1, 0.15) is 4.99 Å². The number of anilines is 1. The monoisotopic (exact) mass is 292 g/mol. The summed E-state index contributed by atoms with van der Waals surface area (Å²) in [4.78, 5) is 2.83. The van der Waals surface area contributed by atoms with E-state index < -0.39 is 0 Å². The third-order valence-electron chi connectivity index (χ3n) is 3.69. The van der Waals surface area contributed by atoms with Crippen LogP contribution in [-0.2, 0) is 4.74 Å². The number of nitrogens with two attached hydrogens (primary N) is 1. The lowest BCUT2D eigenvalue weighted by atomic mass is 10.0. The summed E-state index contributed by atoms with van der Waals surface area (Å²) in [5, 5.41) is 0. The first-order valence-electron chi connectivity index (χ1n) is 7.38. The molecule has 1 atom stereocenters. The van der Waals surface area contributed by atoms with E-state index in [4.69, 9.17) is 22.7 Å². The predicted octanol–water partition coefficient (Wildman–Crippen LogP) is 3.02. The zero-order chi connectivity index (χ0) is 14.5. The molecule has 1 aliphatic heterocycles. The Labute approximate surface area is 127 Å². The molecule has 0 spiro atoms. The van der Waals surface area contributed by atoms with Crippen molar-refractivity contribution in [2.24, 2.45) is 5.73 Å². The Morgan fingerprint density at radius 2 is 2.30 bits per heavy atom. The van der Waals surface area contributed by atoms with Crippen LogP contribution in [0.2, 0.25) is 0 Å². The molecule has 1 aliphatic rings. The van der Waals surface area contributed by atoms with Crippen LogP contribution < -0.4 is 10.6 Å². The van der Waals surface area contributed by atoms with Gasteiger partial charge in [-0.2, -0.15) is 0 Å². The second kappa shape index (κ2) is 7.04. The number of hydrogen-bond donors (Lipinski definition) is 1. The molecule has 1 heterocycles. The van der Waals surface area contributed by atoms with Gasteiger partial charge in [-0.05, 0) is 38.3 Å². The molecular weight excluding hydrogens is 268 g/mol. The van der Waals surface area contributed by atoms with Gasteiger partial charge in [-0.15, -0.1) is 0 Å². The molecule has 0 aliphatic carbocycles. The molecule has 0 bridgehead atoms. The van der Waals surface area contributed by atoms with Crippen LogP contribution in [0.15, 0.2) is 18.2 Å². The molecule has 0 saturated carbocycles. The summed E-state index contributed by atoms with van der Waals surface area (Å²) >= 11 is 5.20. The summed E-state index contributed by atoms with van der Waals surface area (Å²) in [7, 11) is 0. The predicted molar refractivity (Wildman–Crippen MR) is 88.5 cm³/mol. The highest BCUT2D eigenvalue weighted by Crippen LogP contribution is 2.26. The molecule has 3 nitrogen and oxygen atoms in total. The summed E-state index contributed by atoms with van der Waals surface area (Å²) < 4.78 is 5.90. The van der Waals surface area contributed by atoms with Crippen LogP contribution in [0.4, 0.5) is 5.69 Å². The second-order valence-electron chi connectivity index (χ2n) is 5.47. The van der Waals surface area contributed by atoms with Crippen molar-refractivity contribution in [2.75, 3.05) is 24.6 Å². The highest BCUT2D eigenvalue weighted by molar-refractivity contribution is 7.80. The van der Waals surface area contributed by atoms with Gasteiger partial charge >= 0.3 is 0 Å². The van der Waals surface area contributed by atoms with Crippen molar-refractivity contribution in [1.82, 2.24) is 0 Å². The molecule has 1 fully saturated rings. The van der Waals surface area contributed by atoms with Crippen LogP contribution in [-0.4, -0.2) is 30.8 Å². The standard InChI is InChI=1S/C16H24N2OS/c1-3-9-19-13-5-4-8-18(11-13)15-7-6-12(2)10-14(15)16(17)20/h6-7,10,13H,3-5,8-9,11H2,1-2H3,(H2,17,20). The van der Waals surface area contributed by atoms with Crippen LogP contribution in [0.5, 0.6) is 0 Å². The lowest BCUT2D eigenvalue weighted by Crippen LogP contribution is -2.40. The molecule has 1 unspecified atom stereocenters. The average Bonchev–Trinajstić information content (AvgIpc) is 2.45. The van der Waals surface area contributed by atoms with Crippen molar-refractivity contribution < 1.29 is 4.74 Å². The maximum absolute atomic E-state index is 5.90. The molecule has 0 radical (unpaired) electrons. The molecule has 0 aromatic heterocycles. The lowest BCUT2D eigenvalue weighted by molar-refractivity contribution is 0.0440. The molecule has 2 N–H and O–H groups in total. The maximum Gasteiger partial charge on any atom is 0.106 e. The van der Waals surface area contributed by atoms with Crippen LogP contribution in [0.1, 0.15) is 37.3 Å². The summed E-state index contributed by atoms with van der Waals surface area (Å²) in [5.74, 6) is 0. The number of piperidine rings is 1. The van der Waals surface area contributed by atoms with E-state index in [1.54, 1.807) is 0 Å². The minimum Gasteiger partial charge on any atom is -0.389 e. The van der Waals surface area contributed by atoms with Crippen molar-refractivity contribution in [3.8, 4) is 0 Å². The number of thiocarbonyl (C=S) groups is 1. The highest BCUT2D eigenvalue weighted by atomic mass is 32.1. The van der Waals surface area contributed by atoms with E-state index in [1.807, 2.05) is 0 Å². The fourth-order valence-corrected chi connectivity index (χ4v) is 2.86. The summed E-state index contributed by atoms with van der Waals surface area (Å²) in [5.41, 5.74) is 9.19. The Balaban J connectivity index is 2.16. The van der Waals surface area contributed by atoms with Gasteiger partial charge < -0.3 is 15.4 Å². The Bertz CT molecular complexity index is 476. The van der Waals surface area contributed by atoms with Gasteiger partial charge in [0.05, 0.1) is 6.10 Å². The van der Waals surface area contributed by atoms with Crippen LogP contribution in [0, 0.1) is 6.92 Å². The van der Waals surface area contributed by atoms with Crippen LogP contribution >= 0.6 is 12.2 Å². The van der Waals surface area contributed by atoms with Gasteiger partial charge in [-0.3, -0.25) is 0 Å². The van der Waals surface area contributed by atoms with Gasteiger partial charge in [0.15, 0.2) is 0 Å². The zero-order valence-corrected chi connectivity index (χ0v) is 13.2. The Hall–Kier alpha value is -1.13. The van der Waals surface area contributed by atoms with E-state index in [1.165, 1.54) is 5.56 Å². The molecule has 2 rings (SSSR count). The molecule has 20 heavy (non-hydrogen) atoms. The van der Waals surface area contributed by atoms with Gasteiger partial charge in [-0.25, -0.2) is 0 Å². The van der Waals surface area contributed by atoms with E-state index in [-0.39, 0.29) is 0 Å². The molecule has 110 valence electrons. The first kappa shape index (κ1) is 15.3. The minimum atomic E-state index is 0.323. The summed E-state index contributed by atoms with van der Waals surface area (Å²) in [6.45, 7) is 7.03. The average molecular weight is 292 g/mol. The zero-order valence-electron chi connectivity index (χ0n) is 12.4. The largest absolute Gasteiger partial charge is 0.389 e. The highest BCUT2D eigenvalue weighted by Gasteiger charge is 2.22. The number of aryl methyl sites for hydroxylation is 1. The first-order chi connectivity index (χ1) is 9.61. The van der Waals surface area contributed by atoms with Gasteiger partial charge in [-0.1, -0.05) is 30.8 Å². The minimum absolute atomic E-state index is 0.323. The van der Waals surface area contributed by atoms with Crippen LogP contribution in [0.25, 0.3) is 0 Å². The van der Waals surface area contributed by atoms with E-state index in [0.717, 1.165) is 50.2 Å². The Morgan fingerprint density at radius 3 is 3.00 bits per heavy atom. The fraction of sp³-hybridized carbons (Fsp3) is 0.562. The van der Waals surface area contributed by atoms with Gasteiger partial charge in [0.25, 0.3) is 0 Å². The number of benzene rings is 1. The number of ether oxygens (including phenoxy) is 1. The Kier molecular flexibility index (Phi) is 5.38. The van der Waals surface area contributed by atoms with E-state index in [0.29, 0.717) is 11.1 Å². The van der Waals surface area contributed by atoms with Crippen molar-refractivity contribution in [1.29, 1.82) is 0 Å². The van der Waals surface area contributed by atoms with E-state index in [9.17, 15) is 0 Å². The molecular formula is C16H24N2OS. The van der Waals surface area contributed by atoms with Crippen molar-refractivity contribution in [2.45, 2.75) is 39.2 Å². The van der Waals surface area contributed by atoms with Crippen molar-refractivity contribution in [3.05, 3.63) is 29.3 Å². The first-order valence-corrected chi connectivity index (χ1v) is 7.79. The number of hydrogen-bond acceptors (Lipinski definition) is 3. The van der Waals surface area contributed by atoms with E-state index in [2.05, 4.69) is 36.9 Å². The molecule has 1 aromatic rings. The van der Waals surface area contributed by atoms with Crippen molar-refractivity contribution in [3.63, 3.8) is 0 Å². The van der Waals surface area contributed by atoms with E-state index >= 15 is 0 Å². The fourth-order valence-electron chi connectivity index (χ4n) is 2.70. The third kappa shape index (κ3) is 3.70. The van der Waals surface area contributed by atoms with Crippen molar-refractivity contribution >= 4 is 22.9 Å². The quantitative estimate of drug-likeness (QED) is 0.847. The Morgan fingerprint density at radius 1 is 1.50 bits per heavy atom. The maximum atomic E-state index is 5.90. The molecule has 1 saturated heterocycles.